The van der Waals surface area contributed by atoms with Crippen LogP contribution < -0.4 is 21.8 Å². The molecule has 4 atom stereocenters. The molecule has 2 aromatic heterocycles. The molecular weight excluding hydrogens is 1220 g/mol. The van der Waals surface area contributed by atoms with Crippen LogP contribution in [-0.4, -0.2) is 153 Å². The third-order valence-electron chi connectivity index (χ3n) is 12.4. The number of alkyl halides is 1. The van der Waals surface area contributed by atoms with Crippen LogP contribution in [0.3, 0.4) is 0 Å². The van der Waals surface area contributed by atoms with Gasteiger partial charge in [-0.3, -0.25) is 44.7 Å². The summed E-state index contributed by atoms with van der Waals surface area (Å²) in [5.41, 5.74) is 13.5. The van der Waals surface area contributed by atoms with E-state index in [0.29, 0.717) is 37.9 Å². The second-order valence-electron chi connectivity index (χ2n) is 20.2. The fraction of sp³-hybridized carbons (Fsp3) is 0.333. The number of aliphatic hydroxyl groups is 2. The average Bonchev–Trinajstić information content (AvgIpc) is 4.24. The molecule has 0 radical (unpaired) electrons. The number of hydrazine groups is 2. The average molecular weight is 1290 g/mol. The number of aromatic amines is 1. The zero-order valence-corrected chi connectivity index (χ0v) is 50.8. The molecule has 2 amide bonds. The molecule has 472 valence electrons. The number of carboxylic acid groups (broad SMARTS) is 2. The van der Waals surface area contributed by atoms with Gasteiger partial charge < -0.3 is 45.9 Å². The van der Waals surface area contributed by atoms with Crippen molar-refractivity contribution in [1.82, 2.24) is 46.1 Å². The van der Waals surface area contributed by atoms with Gasteiger partial charge in [-0.25, -0.2) is 33.1 Å². The summed E-state index contributed by atoms with van der Waals surface area (Å²) in [6, 6.07) is 22.4. The van der Waals surface area contributed by atoms with Crippen LogP contribution in [0.2, 0.25) is 16.9 Å². The van der Waals surface area contributed by atoms with Crippen LogP contribution in [0.25, 0.3) is 22.3 Å². The first-order valence-corrected chi connectivity index (χ1v) is 27.9. The first kappa shape index (κ1) is 72.5. The normalized spacial score (nSPS) is 12.4. The van der Waals surface area contributed by atoms with Gasteiger partial charge in [-0.15, -0.1) is 0 Å². The first-order chi connectivity index (χ1) is 41.4. The number of halogens is 5. The van der Waals surface area contributed by atoms with E-state index in [1.165, 1.54) is 67.4 Å². The molecule has 0 aliphatic heterocycles. The molecule has 0 bridgehead atoms. The summed E-state index contributed by atoms with van der Waals surface area (Å²) in [7, 11) is -0.740. The largest absolute Gasteiger partial charge is 0.479 e. The molecule has 2 heterocycles. The Morgan fingerprint density at radius 1 is 0.682 bits per heavy atom. The van der Waals surface area contributed by atoms with Gasteiger partial charge in [-0.2, -0.15) is 10.2 Å². The van der Waals surface area contributed by atoms with Gasteiger partial charge in [0.1, 0.15) is 46.5 Å². The number of nitrogens with zero attached hydrogens (tertiary/aromatic N) is 5. The molecule has 0 aliphatic rings. The second kappa shape index (κ2) is 34.5. The third kappa shape index (κ3) is 22.6. The molecule has 0 fully saturated rings. The summed E-state index contributed by atoms with van der Waals surface area (Å²) >= 11 is 17.2. The summed E-state index contributed by atoms with van der Waals surface area (Å²) in [5.74, 6) is -7.50. The Hall–Kier alpha value is -8.03. The highest BCUT2D eigenvalue weighted by Gasteiger charge is 2.28. The van der Waals surface area contributed by atoms with Gasteiger partial charge in [0.2, 0.25) is 0 Å². The van der Waals surface area contributed by atoms with Gasteiger partial charge in [0, 0.05) is 54.2 Å². The molecule has 0 aliphatic carbocycles. The van der Waals surface area contributed by atoms with Crippen LogP contribution in [0.15, 0.2) is 97.1 Å². The summed E-state index contributed by atoms with van der Waals surface area (Å²) in [6.45, 7) is 9.77. The van der Waals surface area contributed by atoms with E-state index in [1.54, 1.807) is 69.2 Å². The molecule has 11 N–H and O–H groups in total. The van der Waals surface area contributed by atoms with Crippen molar-refractivity contribution in [3.8, 4) is 22.3 Å². The lowest BCUT2D eigenvalue weighted by molar-refractivity contribution is -0.151. The maximum atomic E-state index is 14.3. The number of Topliss-reactive ketones (excluding diaryl/α,β-unsaturated/α-hetero) is 2. The number of benzene rings is 4. The molecule has 0 saturated heterocycles. The summed E-state index contributed by atoms with van der Waals surface area (Å²) < 4.78 is 39.2. The van der Waals surface area contributed by atoms with Crippen LogP contribution in [-0.2, 0) is 48.5 Å². The van der Waals surface area contributed by atoms with E-state index in [4.69, 9.17) is 55.4 Å². The molecule has 0 spiro atoms. The standard InChI is InChI=1S/C28H31ClFN5O7.C22H20ClFN4O5.C7H15BClNO3/c1-15(2)25(31)28(41)42-14-35-23(11-22(32-35)16(3)36)26(38)33-34(13-24(37)27(39)40)12-17-4-6-18(7-5-17)20-10-19(29)8-9-21(20)30;1-12(29)18-9-19(26-25-18)21(31)27-28(11-20(30)22(32)33)10-13-2-4-14(5-3-13)16-8-15(23)6-7-17(16)24;1-5(2)6(10-8(3)12)7(11)13-4-9/h4-11,15,24-25,37H,12-14,31H2,1-3H3,(H,33,38)(H,39,40);2-9,20,30H,10-11H2,1H3,(H,25,26)(H,27,31)(H,32,33);5-6,10,12H,4H2,1-3H3/t24-,25+;20-;6-/m110/s1. The number of carboxylic acids is 2. The maximum Gasteiger partial charge on any atom is 0.374 e. The number of carbonyl (C=O) groups is 8. The van der Waals surface area contributed by atoms with Crippen LogP contribution in [0.5, 0.6) is 0 Å². The van der Waals surface area contributed by atoms with Crippen molar-refractivity contribution in [2.45, 2.75) is 92.5 Å². The monoisotopic (exact) mass is 1280 g/mol. The van der Waals surface area contributed by atoms with Gasteiger partial charge >= 0.3 is 30.9 Å². The van der Waals surface area contributed by atoms with Crippen molar-refractivity contribution in [3.63, 3.8) is 0 Å². The predicted molar refractivity (Wildman–Crippen MR) is 319 cm³/mol. The highest BCUT2D eigenvalue weighted by molar-refractivity contribution is 6.46. The first-order valence-electron chi connectivity index (χ1n) is 26.7. The van der Waals surface area contributed by atoms with Crippen LogP contribution in [0.1, 0.15) is 94.6 Å². The number of aliphatic hydroxyl groups excluding tert-OH is 2. The molecule has 88 heavy (non-hydrogen) atoms. The molecule has 0 unspecified atom stereocenters. The molecule has 6 aromatic rings. The predicted octanol–water partition coefficient (Wildman–Crippen LogP) is 5.74. The fourth-order valence-corrected chi connectivity index (χ4v) is 8.10. The number of rotatable bonds is 27. The number of hydrogen-bond donors (Lipinski definition) is 10. The molecule has 6 rings (SSSR count). The van der Waals surface area contributed by atoms with E-state index >= 15 is 0 Å². The molecule has 0 saturated carbocycles. The van der Waals surface area contributed by atoms with Crippen molar-refractivity contribution in [3.05, 3.63) is 153 Å². The Morgan fingerprint density at radius 2 is 1.15 bits per heavy atom. The van der Waals surface area contributed by atoms with Crippen molar-refractivity contribution in [2.75, 3.05) is 19.2 Å². The summed E-state index contributed by atoms with van der Waals surface area (Å²) in [4.78, 5) is 95.0. The Bertz CT molecular complexity index is 3400. The Kier molecular flexibility index (Phi) is 28.4. The van der Waals surface area contributed by atoms with Crippen molar-refractivity contribution < 1.29 is 82.1 Å². The highest BCUT2D eigenvalue weighted by Crippen LogP contribution is 2.28. The van der Waals surface area contributed by atoms with Gasteiger partial charge in [-0.05, 0) is 83.4 Å². The van der Waals surface area contributed by atoms with Crippen LogP contribution >= 0.6 is 34.8 Å². The number of amides is 2. The van der Waals surface area contributed by atoms with E-state index in [0.717, 1.165) is 9.69 Å². The minimum absolute atomic E-state index is 0.0122. The fourth-order valence-electron chi connectivity index (χ4n) is 7.65. The zero-order valence-electron chi connectivity index (χ0n) is 48.5. The molecule has 25 nitrogen and oxygen atoms in total. The van der Waals surface area contributed by atoms with Gasteiger partial charge in [0.15, 0.2) is 36.6 Å². The quantitative estimate of drug-likeness (QED) is 0.00966. The van der Waals surface area contributed by atoms with Crippen molar-refractivity contribution in [2.24, 2.45) is 17.6 Å². The minimum atomic E-state index is -1.86. The van der Waals surface area contributed by atoms with Gasteiger partial charge in [0.05, 0.1) is 13.1 Å². The van der Waals surface area contributed by atoms with E-state index < -0.39 is 104 Å². The Morgan fingerprint density at radius 3 is 1.55 bits per heavy atom. The number of esters is 2. The SMILES string of the molecule is CB(O)N[C@H](C(=O)OCCl)C(C)C.CC(=O)c1cc(C(=O)NN(Cc2ccc(-c3cc(Cl)ccc3F)cc2)C[C@@H](O)C(=O)O)[nH]n1.CC(=O)c1cc(C(=O)NN(Cc2ccc(-c3cc(Cl)ccc3F)cc2)C[C@@H](O)C(=O)O)n(COC(=O)[C@@H](N)C(C)C)n1. The number of nitrogens with two attached hydrogens (primary N) is 1. The Labute approximate surface area is 519 Å². The number of ketones is 2. The zero-order chi connectivity index (χ0) is 65.7. The van der Waals surface area contributed by atoms with Gasteiger partial charge in [0.25, 0.3) is 11.8 Å². The van der Waals surface area contributed by atoms with E-state index in [-0.39, 0.29) is 65.1 Å². The molecular formula is C57H66BCl3F2N10O15. The van der Waals surface area contributed by atoms with Gasteiger partial charge in [-0.1, -0.05) is 111 Å². The van der Waals surface area contributed by atoms with Crippen LogP contribution in [0.4, 0.5) is 8.78 Å². The number of ether oxygens (including phenoxy) is 2. The number of carbonyl (C=O) groups excluding carboxylic acids is 6. The van der Waals surface area contributed by atoms with E-state index in [1.807, 2.05) is 13.8 Å². The number of H-pyrrole nitrogens is 1. The number of hydrogen-bond acceptors (Lipinski definition) is 19. The minimum Gasteiger partial charge on any atom is -0.479 e. The highest BCUT2D eigenvalue weighted by atomic mass is 35.5. The van der Waals surface area contributed by atoms with Crippen molar-refractivity contribution in [1.29, 1.82) is 0 Å². The second-order valence-corrected chi connectivity index (χ2v) is 21.3. The van der Waals surface area contributed by atoms with Crippen LogP contribution in [0, 0.1) is 23.5 Å². The summed E-state index contributed by atoms with van der Waals surface area (Å²) in [6.07, 6.45) is -3.62. The smallest absolute Gasteiger partial charge is 0.374 e. The van der Waals surface area contributed by atoms with E-state index in [9.17, 15) is 62.5 Å². The summed E-state index contributed by atoms with van der Waals surface area (Å²) in [5, 5.41) is 63.1. The lowest BCUT2D eigenvalue weighted by Gasteiger charge is -2.24. The lowest BCUT2D eigenvalue weighted by atomic mass is 9.85. The topological polar surface area (TPSA) is 371 Å². The lowest BCUT2D eigenvalue weighted by Crippen LogP contribution is -2.48. The maximum absolute atomic E-state index is 14.3. The molecule has 31 heteroatoms. The third-order valence-corrected chi connectivity index (χ3v) is 13.0. The number of aromatic nitrogens is 4. The number of nitrogens with one attached hydrogen (secondary N) is 4. The van der Waals surface area contributed by atoms with E-state index in [2.05, 4.69) is 36.1 Å². The van der Waals surface area contributed by atoms with Crippen molar-refractivity contribution >= 4 is 89.1 Å². The number of aliphatic carboxylic acids is 2. The Balaban J connectivity index is 0.000000319. The molecule has 4 aromatic carbocycles.